The number of aliphatic hydroxyl groups is 1. The molecule has 0 aliphatic rings. The Morgan fingerprint density at radius 3 is 2.76 bits per heavy atom. The summed E-state index contributed by atoms with van der Waals surface area (Å²) in [5.41, 5.74) is -0.297. The maximum atomic E-state index is 10.6. The van der Waals surface area contributed by atoms with Gasteiger partial charge in [-0.2, -0.15) is 10.2 Å². The molecule has 8 nitrogen and oxygen atoms in total. The van der Waals surface area contributed by atoms with E-state index in [0.29, 0.717) is 5.96 Å². The van der Waals surface area contributed by atoms with Crippen LogP contribution in [-0.2, 0) is 19.2 Å². The van der Waals surface area contributed by atoms with Crippen LogP contribution in [-0.4, -0.2) is 50.3 Å². The van der Waals surface area contributed by atoms with E-state index in [0.717, 1.165) is 31.6 Å². The van der Waals surface area contributed by atoms with Gasteiger partial charge in [-0.05, 0) is 26.3 Å². The summed E-state index contributed by atoms with van der Waals surface area (Å²) < 4.78 is 3.57. The van der Waals surface area contributed by atoms with Crippen LogP contribution in [0.15, 0.2) is 35.8 Å². The lowest BCUT2D eigenvalue weighted by atomic mass is 10.0. The van der Waals surface area contributed by atoms with Gasteiger partial charge in [-0.25, -0.2) is 4.99 Å². The van der Waals surface area contributed by atoms with Gasteiger partial charge in [0, 0.05) is 50.8 Å². The van der Waals surface area contributed by atoms with Crippen molar-refractivity contribution in [2.45, 2.75) is 32.4 Å². The van der Waals surface area contributed by atoms with Gasteiger partial charge < -0.3 is 15.7 Å². The van der Waals surface area contributed by atoms with E-state index >= 15 is 0 Å². The van der Waals surface area contributed by atoms with Crippen LogP contribution >= 0.6 is 24.0 Å². The van der Waals surface area contributed by atoms with Crippen LogP contribution in [0.1, 0.15) is 25.8 Å². The minimum Gasteiger partial charge on any atom is -0.383 e. The van der Waals surface area contributed by atoms with Gasteiger partial charge in [-0.15, -0.1) is 24.0 Å². The first-order valence-corrected chi connectivity index (χ1v) is 8.22. The second kappa shape index (κ2) is 10.4. The molecule has 1 atom stereocenters. The third kappa shape index (κ3) is 7.02. The number of aryl methyl sites for hydroxylation is 2. The summed E-state index contributed by atoms with van der Waals surface area (Å²) in [6.45, 7) is 6.41. The van der Waals surface area contributed by atoms with Crippen molar-refractivity contribution < 1.29 is 5.11 Å². The highest BCUT2D eigenvalue weighted by molar-refractivity contribution is 14.0. The summed E-state index contributed by atoms with van der Waals surface area (Å²) in [6, 6.07) is 1.92. The molecule has 0 amide bonds. The smallest absolute Gasteiger partial charge is 0.191 e. The predicted molar refractivity (Wildman–Crippen MR) is 109 cm³/mol. The van der Waals surface area contributed by atoms with E-state index in [1.165, 1.54) is 0 Å². The van der Waals surface area contributed by atoms with Crippen molar-refractivity contribution in [3.8, 4) is 0 Å². The number of rotatable bonds is 8. The van der Waals surface area contributed by atoms with Gasteiger partial charge in [-0.3, -0.25) is 9.36 Å². The first-order valence-electron chi connectivity index (χ1n) is 8.22. The molecule has 3 N–H and O–H groups in total. The fourth-order valence-electron chi connectivity index (χ4n) is 2.25. The first-order chi connectivity index (χ1) is 11.5. The molecule has 2 heterocycles. The van der Waals surface area contributed by atoms with Gasteiger partial charge in [0.15, 0.2) is 5.96 Å². The van der Waals surface area contributed by atoms with Crippen molar-refractivity contribution in [1.82, 2.24) is 30.2 Å². The van der Waals surface area contributed by atoms with E-state index in [2.05, 4.69) is 25.8 Å². The van der Waals surface area contributed by atoms with Crippen LogP contribution in [0.3, 0.4) is 0 Å². The average Bonchev–Trinajstić information content (AvgIpc) is 3.20. The maximum Gasteiger partial charge on any atom is 0.191 e. The van der Waals surface area contributed by atoms with Crippen LogP contribution < -0.4 is 10.6 Å². The third-order valence-electron chi connectivity index (χ3n) is 3.63. The Labute approximate surface area is 165 Å². The van der Waals surface area contributed by atoms with Crippen molar-refractivity contribution in [2.24, 2.45) is 12.0 Å². The summed E-state index contributed by atoms with van der Waals surface area (Å²) in [6.07, 6.45) is 8.13. The Morgan fingerprint density at radius 1 is 1.36 bits per heavy atom. The lowest BCUT2D eigenvalue weighted by Crippen LogP contribution is -2.39. The number of guanidine groups is 1. The quantitative estimate of drug-likeness (QED) is 0.237. The molecule has 0 aromatic carbocycles. The molecule has 2 aromatic rings. The number of halogens is 1. The van der Waals surface area contributed by atoms with Crippen molar-refractivity contribution >= 4 is 29.9 Å². The van der Waals surface area contributed by atoms with Gasteiger partial charge in [0.25, 0.3) is 0 Å². The number of hydrogen-bond acceptors (Lipinski definition) is 4. The van der Waals surface area contributed by atoms with Crippen molar-refractivity contribution in [1.29, 1.82) is 0 Å². The molecule has 0 aliphatic heterocycles. The number of nitrogens with zero attached hydrogens (tertiary/aromatic N) is 5. The van der Waals surface area contributed by atoms with Gasteiger partial charge >= 0.3 is 0 Å². The molecule has 0 spiro atoms. The van der Waals surface area contributed by atoms with Gasteiger partial charge in [0.2, 0.25) is 0 Å². The topological polar surface area (TPSA) is 92.3 Å². The molecule has 1 unspecified atom stereocenters. The van der Waals surface area contributed by atoms with Crippen LogP contribution in [0.4, 0.5) is 0 Å². The summed E-state index contributed by atoms with van der Waals surface area (Å²) in [5.74, 6) is 0.696. The molecule has 9 heteroatoms. The van der Waals surface area contributed by atoms with Crippen LogP contribution in [0.25, 0.3) is 0 Å². The van der Waals surface area contributed by atoms with E-state index < -0.39 is 5.60 Å². The van der Waals surface area contributed by atoms with Gasteiger partial charge in [-0.1, -0.05) is 0 Å². The minimum atomic E-state index is -1.05. The molecule has 140 valence electrons. The van der Waals surface area contributed by atoms with Crippen LogP contribution in [0.2, 0.25) is 0 Å². The zero-order chi connectivity index (χ0) is 17.4. The van der Waals surface area contributed by atoms with Crippen molar-refractivity contribution in [3.05, 3.63) is 36.4 Å². The van der Waals surface area contributed by atoms with Crippen LogP contribution in [0.5, 0.6) is 0 Å². The van der Waals surface area contributed by atoms with E-state index in [-0.39, 0.29) is 30.5 Å². The Bertz CT molecular complexity index is 637. The number of hydrogen-bond donors (Lipinski definition) is 3. The standard InChI is InChI=1S/C16H27N7O.HI/c1-4-17-15(18-7-5-9-23-10-6-8-20-23)19-13-16(2,24)14-11-21-22(3)12-14;/h6,8,10-12,24H,4-5,7,9,13H2,1-3H3,(H2,17,18,19);1H. The molecule has 0 saturated heterocycles. The molecule has 0 aliphatic carbocycles. The zero-order valence-electron chi connectivity index (χ0n) is 15.0. The normalized spacial score (nSPS) is 13.8. The second-order valence-corrected chi connectivity index (χ2v) is 5.92. The molecule has 0 bridgehead atoms. The van der Waals surface area contributed by atoms with E-state index in [9.17, 15) is 5.11 Å². The monoisotopic (exact) mass is 461 g/mol. The van der Waals surface area contributed by atoms with Gasteiger partial charge in [0.05, 0.1) is 12.7 Å². The highest BCUT2D eigenvalue weighted by atomic mass is 127. The second-order valence-electron chi connectivity index (χ2n) is 5.92. The van der Waals surface area contributed by atoms with E-state index in [1.54, 1.807) is 30.2 Å². The number of aromatic nitrogens is 4. The first kappa shape index (κ1) is 21.4. The van der Waals surface area contributed by atoms with E-state index in [4.69, 9.17) is 0 Å². The number of aliphatic imine (C=N–C) groups is 1. The molecule has 2 rings (SSSR count). The highest BCUT2D eigenvalue weighted by Gasteiger charge is 2.24. The summed E-state index contributed by atoms with van der Waals surface area (Å²) in [5, 5.41) is 25.3. The lowest BCUT2D eigenvalue weighted by molar-refractivity contribution is 0.0672. The Kier molecular flexibility index (Phi) is 8.90. The summed E-state index contributed by atoms with van der Waals surface area (Å²) in [7, 11) is 1.83. The largest absolute Gasteiger partial charge is 0.383 e. The summed E-state index contributed by atoms with van der Waals surface area (Å²) >= 11 is 0. The lowest BCUT2D eigenvalue weighted by Gasteiger charge is -2.20. The molecular formula is C16H28IN7O. The Balaban J connectivity index is 0.00000312. The fourth-order valence-corrected chi connectivity index (χ4v) is 2.25. The molecular weight excluding hydrogens is 433 g/mol. The molecule has 25 heavy (non-hydrogen) atoms. The highest BCUT2D eigenvalue weighted by Crippen LogP contribution is 2.19. The third-order valence-corrected chi connectivity index (χ3v) is 3.63. The Morgan fingerprint density at radius 2 is 2.16 bits per heavy atom. The zero-order valence-corrected chi connectivity index (χ0v) is 17.3. The molecule has 0 radical (unpaired) electrons. The Hall–Kier alpha value is -1.62. The predicted octanol–water partition coefficient (Wildman–Crippen LogP) is 1.09. The van der Waals surface area contributed by atoms with Gasteiger partial charge in [0.1, 0.15) is 5.60 Å². The van der Waals surface area contributed by atoms with E-state index in [1.807, 2.05) is 30.9 Å². The summed E-state index contributed by atoms with van der Waals surface area (Å²) in [4.78, 5) is 4.49. The number of nitrogens with one attached hydrogen (secondary N) is 2. The molecule has 0 fully saturated rings. The van der Waals surface area contributed by atoms with Crippen molar-refractivity contribution in [3.63, 3.8) is 0 Å². The average molecular weight is 461 g/mol. The van der Waals surface area contributed by atoms with Crippen molar-refractivity contribution in [2.75, 3.05) is 19.6 Å². The molecule has 0 saturated carbocycles. The molecule has 2 aromatic heterocycles. The minimum absolute atomic E-state index is 0. The van der Waals surface area contributed by atoms with Crippen LogP contribution in [0, 0.1) is 0 Å². The maximum absolute atomic E-state index is 10.6. The SMILES string of the molecule is CCNC(=NCC(C)(O)c1cnn(C)c1)NCCCn1cccn1.I. The fraction of sp³-hybridized carbons (Fsp3) is 0.562.